The predicted molar refractivity (Wildman–Crippen MR) is 92.4 cm³/mol. The topological polar surface area (TPSA) is 67.4 Å². The van der Waals surface area contributed by atoms with Crippen molar-refractivity contribution in [3.63, 3.8) is 0 Å². The molecule has 0 radical (unpaired) electrons. The summed E-state index contributed by atoms with van der Waals surface area (Å²) >= 11 is 3.12. The lowest BCUT2D eigenvalue weighted by atomic mass is 10.2. The first-order valence-electron chi connectivity index (χ1n) is 7.60. The number of amides is 1. The molecule has 1 N–H and O–H groups in total. The first-order chi connectivity index (χ1) is 11.3. The molecule has 24 heavy (non-hydrogen) atoms. The van der Waals surface area contributed by atoms with Crippen LogP contribution >= 0.6 is 15.9 Å². The zero-order chi connectivity index (χ0) is 17.7. The molecule has 1 aliphatic heterocycles. The standard InChI is InChI=1S/C9H17NO3.C7H4BrFN2/c1-9(2,3)13-8(11)10-4-6-12-7-5-10;8-6-4-1-2-10-7(4)11-3-5(6)9/h4-7H2,1-3H3;1-3H,(H,10,11). The van der Waals surface area contributed by atoms with Gasteiger partial charge in [-0.1, -0.05) is 0 Å². The summed E-state index contributed by atoms with van der Waals surface area (Å²) in [5.74, 6) is -0.336. The van der Waals surface area contributed by atoms with Gasteiger partial charge in [-0.25, -0.2) is 14.2 Å². The lowest BCUT2D eigenvalue weighted by molar-refractivity contribution is -0.00677. The molecule has 1 aliphatic rings. The fourth-order valence-corrected chi connectivity index (χ4v) is 2.45. The van der Waals surface area contributed by atoms with Gasteiger partial charge in [0.2, 0.25) is 0 Å². The van der Waals surface area contributed by atoms with Crippen molar-refractivity contribution >= 4 is 33.1 Å². The van der Waals surface area contributed by atoms with Gasteiger partial charge in [-0.2, -0.15) is 0 Å². The largest absolute Gasteiger partial charge is 0.444 e. The molecule has 0 aliphatic carbocycles. The highest BCUT2D eigenvalue weighted by Crippen LogP contribution is 2.23. The van der Waals surface area contributed by atoms with E-state index < -0.39 is 5.60 Å². The molecular formula is C16H21BrFN3O3. The van der Waals surface area contributed by atoms with Crippen LogP contribution in [0.5, 0.6) is 0 Å². The molecule has 2 aromatic rings. The second-order valence-electron chi connectivity index (χ2n) is 6.24. The van der Waals surface area contributed by atoms with Gasteiger partial charge in [-0.3, -0.25) is 0 Å². The number of carbonyl (C=O) groups excluding carboxylic acids is 1. The molecule has 0 saturated carbocycles. The van der Waals surface area contributed by atoms with Gasteiger partial charge in [0.15, 0.2) is 5.82 Å². The van der Waals surface area contributed by atoms with Crippen molar-refractivity contribution in [1.82, 2.24) is 14.9 Å². The van der Waals surface area contributed by atoms with E-state index in [0.717, 1.165) is 5.39 Å². The van der Waals surface area contributed by atoms with Crippen LogP contribution in [0.25, 0.3) is 11.0 Å². The minimum Gasteiger partial charge on any atom is -0.444 e. The molecule has 0 unspecified atom stereocenters. The van der Waals surface area contributed by atoms with Gasteiger partial charge in [0.1, 0.15) is 11.2 Å². The zero-order valence-electron chi connectivity index (χ0n) is 13.9. The average molecular weight is 402 g/mol. The molecule has 0 aromatic carbocycles. The van der Waals surface area contributed by atoms with E-state index in [-0.39, 0.29) is 11.9 Å². The molecule has 3 rings (SSSR count). The smallest absolute Gasteiger partial charge is 0.410 e. The first-order valence-corrected chi connectivity index (χ1v) is 8.40. The lowest BCUT2D eigenvalue weighted by Gasteiger charge is -2.29. The monoisotopic (exact) mass is 401 g/mol. The van der Waals surface area contributed by atoms with Gasteiger partial charge in [-0.05, 0) is 42.8 Å². The van der Waals surface area contributed by atoms with Crippen molar-refractivity contribution in [2.45, 2.75) is 26.4 Å². The van der Waals surface area contributed by atoms with E-state index in [1.807, 2.05) is 20.8 Å². The third-order valence-corrected chi connectivity index (χ3v) is 3.95. The summed E-state index contributed by atoms with van der Waals surface area (Å²) < 4.78 is 23.6. The van der Waals surface area contributed by atoms with Gasteiger partial charge >= 0.3 is 6.09 Å². The minimum absolute atomic E-state index is 0.240. The van der Waals surface area contributed by atoms with Crippen molar-refractivity contribution in [1.29, 1.82) is 0 Å². The van der Waals surface area contributed by atoms with Crippen molar-refractivity contribution in [3.8, 4) is 0 Å². The molecule has 132 valence electrons. The van der Waals surface area contributed by atoms with Crippen LogP contribution < -0.4 is 0 Å². The zero-order valence-corrected chi connectivity index (χ0v) is 15.5. The molecular weight excluding hydrogens is 381 g/mol. The predicted octanol–water partition coefficient (Wildman–Crippen LogP) is 3.72. The molecule has 0 spiro atoms. The number of hydrogen-bond donors (Lipinski definition) is 1. The SMILES string of the molecule is CC(C)(C)OC(=O)N1CCOCC1.Fc1cnc2[nH]ccc2c1Br. The van der Waals surface area contributed by atoms with Crippen LogP contribution in [0.1, 0.15) is 20.8 Å². The van der Waals surface area contributed by atoms with Crippen molar-refractivity contribution < 1.29 is 18.7 Å². The highest BCUT2D eigenvalue weighted by Gasteiger charge is 2.23. The van der Waals surface area contributed by atoms with E-state index in [1.54, 1.807) is 17.2 Å². The molecule has 1 saturated heterocycles. The van der Waals surface area contributed by atoms with Gasteiger partial charge in [0.25, 0.3) is 0 Å². The molecule has 6 nitrogen and oxygen atoms in total. The van der Waals surface area contributed by atoms with Crippen LogP contribution in [-0.2, 0) is 9.47 Å². The number of ether oxygens (including phenoxy) is 2. The Morgan fingerprint density at radius 2 is 2.08 bits per heavy atom. The quantitative estimate of drug-likeness (QED) is 0.730. The number of carbonyl (C=O) groups is 1. The molecule has 3 heterocycles. The van der Waals surface area contributed by atoms with Gasteiger partial charge < -0.3 is 19.4 Å². The summed E-state index contributed by atoms with van der Waals surface area (Å²) in [6, 6.07) is 1.77. The second-order valence-corrected chi connectivity index (χ2v) is 7.03. The van der Waals surface area contributed by atoms with Gasteiger partial charge in [0, 0.05) is 24.7 Å². The second kappa shape index (κ2) is 7.94. The first kappa shape index (κ1) is 18.7. The lowest BCUT2D eigenvalue weighted by Crippen LogP contribution is -2.43. The van der Waals surface area contributed by atoms with Gasteiger partial charge in [0.05, 0.1) is 23.9 Å². The molecule has 8 heteroatoms. The maximum absolute atomic E-state index is 12.8. The summed E-state index contributed by atoms with van der Waals surface area (Å²) in [7, 11) is 0. The van der Waals surface area contributed by atoms with Gasteiger partial charge in [-0.15, -0.1) is 0 Å². The molecule has 0 atom stereocenters. The number of H-pyrrole nitrogens is 1. The average Bonchev–Trinajstić information content (AvgIpc) is 3.00. The van der Waals surface area contributed by atoms with Crippen molar-refractivity contribution in [3.05, 3.63) is 28.7 Å². The highest BCUT2D eigenvalue weighted by molar-refractivity contribution is 9.10. The summed E-state index contributed by atoms with van der Waals surface area (Å²) in [6.45, 7) is 8.09. The number of rotatable bonds is 0. The van der Waals surface area contributed by atoms with E-state index in [4.69, 9.17) is 9.47 Å². The van der Waals surface area contributed by atoms with Crippen LogP contribution in [0.4, 0.5) is 9.18 Å². The fraction of sp³-hybridized carbons (Fsp3) is 0.500. The Bertz CT molecular complexity index is 693. The van der Waals surface area contributed by atoms with Crippen LogP contribution in [0.3, 0.4) is 0 Å². The number of hydrogen-bond acceptors (Lipinski definition) is 4. The Balaban J connectivity index is 0.000000175. The Labute approximate surface area is 148 Å². The number of morpholine rings is 1. The van der Waals surface area contributed by atoms with E-state index in [0.29, 0.717) is 36.4 Å². The Morgan fingerprint density at radius 1 is 1.42 bits per heavy atom. The fourth-order valence-electron chi connectivity index (χ4n) is 2.02. The molecule has 0 bridgehead atoms. The van der Waals surface area contributed by atoms with E-state index in [2.05, 4.69) is 25.9 Å². The number of nitrogens with one attached hydrogen (secondary N) is 1. The van der Waals surface area contributed by atoms with Crippen molar-refractivity contribution in [2.75, 3.05) is 26.3 Å². The molecule has 2 aromatic heterocycles. The Kier molecular flexibility index (Phi) is 6.17. The van der Waals surface area contributed by atoms with E-state index in [9.17, 15) is 9.18 Å². The summed E-state index contributed by atoms with van der Waals surface area (Å²) in [6.07, 6.45) is 2.67. The number of pyridine rings is 1. The Hall–Kier alpha value is -1.67. The van der Waals surface area contributed by atoms with Crippen LogP contribution in [0, 0.1) is 5.82 Å². The molecule has 1 amide bonds. The summed E-state index contributed by atoms with van der Waals surface area (Å²) in [4.78, 5) is 19.9. The minimum atomic E-state index is -0.407. The van der Waals surface area contributed by atoms with Crippen LogP contribution in [0.15, 0.2) is 22.9 Å². The number of nitrogens with zero attached hydrogens (tertiary/aromatic N) is 2. The van der Waals surface area contributed by atoms with Crippen LogP contribution in [0.2, 0.25) is 0 Å². The third kappa shape index (κ3) is 5.17. The maximum Gasteiger partial charge on any atom is 0.410 e. The third-order valence-electron chi connectivity index (χ3n) is 3.14. The summed E-state index contributed by atoms with van der Waals surface area (Å²) in [5, 5.41) is 0.769. The van der Waals surface area contributed by atoms with Crippen molar-refractivity contribution in [2.24, 2.45) is 0 Å². The maximum atomic E-state index is 12.8. The number of halogens is 2. The van der Waals surface area contributed by atoms with E-state index >= 15 is 0 Å². The van der Waals surface area contributed by atoms with E-state index in [1.165, 1.54) is 6.20 Å². The number of aromatic nitrogens is 2. The highest BCUT2D eigenvalue weighted by atomic mass is 79.9. The number of aromatic amines is 1. The molecule has 1 fully saturated rings. The number of fused-ring (bicyclic) bond motifs is 1. The normalized spacial score (nSPS) is 15.0. The summed E-state index contributed by atoms with van der Waals surface area (Å²) in [5.41, 5.74) is 0.285. The Morgan fingerprint density at radius 3 is 2.71 bits per heavy atom. The van der Waals surface area contributed by atoms with Crippen LogP contribution in [-0.4, -0.2) is 52.9 Å².